The smallest absolute Gasteiger partial charge is 0.315 e. The van der Waals surface area contributed by atoms with E-state index in [9.17, 15) is 9.90 Å². The Morgan fingerprint density at radius 1 is 0.872 bits per heavy atom. The maximum absolute atomic E-state index is 13.0. The summed E-state index contributed by atoms with van der Waals surface area (Å²) >= 11 is 0. The zero-order chi connectivity index (χ0) is 27.1. The van der Waals surface area contributed by atoms with Gasteiger partial charge in [-0.1, -0.05) is 91.0 Å². The number of nitrogens with one attached hydrogen (secondary N) is 2. The first-order valence-electron chi connectivity index (χ1n) is 14.7. The highest BCUT2D eigenvalue weighted by Crippen LogP contribution is 2.35. The summed E-state index contributed by atoms with van der Waals surface area (Å²) in [4.78, 5) is 15.7. The third-order valence-electron chi connectivity index (χ3n) is 8.96. The number of aliphatic hydroxyl groups is 1. The van der Waals surface area contributed by atoms with Crippen LogP contribution < -0.4 is 10.6 Å². The van der Waals surface area contributed by atoms with Gasteiger partial charge < -0.3 is 15.7 Å². The quantitative estimate of drug-likeness (QED) is 0.303. The molecule has 1 aliphatic carbocycles. The average molecular weight is 526 g/mol. The van der Waals surface area contributed by atoms with Crippen LogP contribution in [-0.2, 0) is 5.60 Å². The molecule has 1 saturated carbocycles. The fourth-order valence-corrected chi connectivity index (χ4v) is 6.67. The Labute approximate surface area is 233 Å². The highest BCUT2D eigenvalue weighted by atomic mass is 16.3. The molecule has 1 heterocycles. The SMILES string of the molecule is C[C@@H](NC(=O)NC1CCC(CCN2CCCC2c2ccccc2)CC1)C(O)(c1ccccc1)c1ccccc1. The third-order valence-corrected chi connectivity index (χ3v) is 8.96. The predicted molar refractivity (Wildman–Crippen MR) is 157 cm³/mol. The summed E-state index contributed by atoms with van der Waals surface area (Å²) in [6, 6.07) is 30.1. The van der Waals surface area contributed by atoms with Gasteiger partial charge in [0.15, 0.2) is 0 Å². The standard InChI is InChI=1S/C34H43N3O2/c1-26(34(39,29-14-7-3-8-15-29)30-16-9-4-10-17-30)35-33(38)36-31-21-19-27(20-22-31)23-25-37-24-11-18-32(37)28-12-5-2-6-13-28/h2-10,12-17,26-27,31-32,39H,11,18-25H2,1H3,(H2,35,36,38)/t26-,27?,31?,32?/m1/s1. The van der Waals surface area contributed by atoms with E-state index in [0.29, 0.717) is 6.04 Å². The number of carbonyl (C=O) groups excluding carboxylic acids is 1. The maximum Gasteiger partial charge on any atom is 0.315 e. The number of benzene rings is 3. The van der Waals surface area contributed by atoms with Crippen molar-refractivity contribution in [1.29, 1.82) is 0 Å². The molecule has 3 N–H and O–H groups in total. The molecule has 0 bridgehead atoms. The molecule has 39 heavy (non-hydrogen) atoms. The second-order valence-electron chi connectivity index (χ2n) is 11.4. The number of hydrogen-bond donors (Lipinski definition) is 3. The largest absolute Gasteiger partial charge is 0.378 e. The summed E-state index contributed by atoms with van der Waals surface area (Å²) in [6.07, 6.45) is 8.11. The fraction of sp³-hybridized carbons (Fsp3) is 0.441. The number of hydrogen-bond acceptors (Lipinski definition) is 3. The van der Waals surface area contributed by atoms with Gasteiger partial charge in [-0.2, -0.15) is 0 Å². The highest BCUT2D eigenvalue weighted by Gasteiger charge is 2.39. The molecule has 5 nitrogen and oxygen atoms in total. The highest BCUT2D eigenvalue weighted by molar-refractivity contribution is 5.75. The van der Waals surface area contributed by atoms with Gasteiger partial charge in [0.25, 0.3) is 0 Å². The third kappa shape index (κ3) is 6.54. The van der Waals surface area contributed by atoms with Crippen LogP contribution in [0.5, 0.6) is 0 Å². The lowest BCUT2D eigenvalue weighted by atomic mass is 9.81. The molecule has 1 unspecified atom stereocenters. The van der Waals surface area contributed by atoms with Crippen LogP contribution in [0.25, 0.3) is 0 Å². The van der Waals surface area contributed by atoms with E-state index in [0.717, 1.165) is 49.3 Å². The number of nitrogens with zero attached hydrogens (tertiary/aromatic N) is 1. The van der Waals surface area contributed by atoms with Crippen LogP contribution in [-0.4, -0.2) is 41.2 Å². The van der Waals surface area contributed by atoms with Gasteiger partial charge in [-0.25, -0.2) is 4.79 Å². The van der Waals surface area contributed by atoms with E-state index < -0.39 is 11.6 Å². The number of likely N-dealkylation sites (tertiary alicyclic amines) is 1. The number of rotatable bonds is 9. The van der Waals surface area contributed by atoms with Crippen molar-refractivity contribution < 1.29 is 9.90 Å². The van der Waals surface area contributed by atoms with Crippen molar-refractivity contribution >= 4 is 6.03 Å². The van der Waals surface area contributed by atoms with Crippen LogP contribution in [0, 0.1) is 5.92 Å². The van der Waals surface area contributed by atoms with Crippen LogP contribution in [0.2, 0.25) is 0 Å². The maximum atomic E-state index is 13.0. The molecule has 0 radical (unpaired) electrons. The fourth-order valence-electron chi connectivity index (χ4n) is 6.67. The van der Waals surface area contributed by atoms with Crippen LogP contribution >= 0.6 is 0 Å². The molecule has 0 spiro atoms. The first-order valence-corrected chi connectivity index (χ1v) is 14.7. The molecular formula is C34H43N3O2. The van der Waals surface area contributed by atoms with Gasteiger partial charge in [0.05, 0.1) is 6.04 Å². The molecule has 3 aromatic rings. The Balaban J connectivity index is 1.11. The van der Waals surface area contributed by atoms with Crippen molar-refractivity contribution in [3.05, 3.63) is 108 Å². The second kappa shape index (κ2) is 12.8. The first-order chi connectivity index (χ1) is 19.0. The lowest BCUT2D eigenvalue weighted by Crippen LogP contribution is -2.54. The minimum atomic E-state index is -1.33. The van der Waals surface area contributed by atoms with Crippen LogP contribution in [0.4, 0.5) is 4.79 Å². The van der Waals surface area contributed by atoms with E-state index >= 15 is 0 Å². The van der Waals surface area contributed by atoms with Crippen molar-refractivity contribution in [2.45, 2.75) is 75.6 Å². The van der Waals surface area contributed by atoms with E-state index in [1.54, 1.807) is 0 Å². The molecule has 0 aromatic heterocycles. The molecule has 5 heteroatoms. The van der Waals surface area contributed by atoms with E-state index in [1.165, 1.54) is 31.4 Å². The molecule has 2 aliphatic rings. The number of urea groups is 1. The van der Waals surface area contributed by atoms with Gasteiger partial charge in [-0.15, -0.1) is 0 Å². The monoisotopic (exact) mass is 525 g/mol. The Morgan fingerprint density at radius 3 is 2.03 bits per heavy atom. The van der Waals surface area contributed by atoms with E-state index in [1.807, 2.05) is 67.6 Å². The molecule has 5 rings (SSSR count). The van der Waals surface area contributed by atoms with Crippen molar-refractivity contribution in [3.8, 4) is 0 Å². The van der Waals surface area contributed by atoms with Crippen molar-refractivity contribution in [1.82, 2.24) is 15.5 Å². The Hall–Kier alpha value is -3.15. The normalized spacial score (nSPS) is 22.8. The second-order valence-corrected chi connectivity index (χ2v) is 11.4. The molecule has 2 fully saturated rings. The summed E-state index contributed by atoms with van der Waals surface area (Å²) in [7, 11) is 0. The van der Waals surface area contributed by atoms with Gasteiger partial charge in [0.1, 0.15) is 5.60 Å². The molecule has 206 valence electrons. The van der Waals surface area contributed by atoms with Gasteiger partial charge in [0, 0.05) is 12.1 Å². The first kappa shape index (κ1) is 27.4. The van der Waals surface area contributed by atoms with Crippen molar-refractivity contribution in [2.24, 2.45) is 5.92 Å². The van der Waals surface area contributed by atoms with Gasteiger partial charge in [0.2, 0.25) is 0 Å². The zero-order valence-electron chi connectivity index (χ0n) is 23.1. The summed E-state index contributed by atoms with van der Waals surface area (Å²) in [5.41, 5.74) is 1.65. The zero-order valence-corrected chi connectivity index (χ0v) is 23.1. The summed E-state index contributed by atoms with van der Waals surface area (Å²) < 4.78 is 0. The van der Waals surface area contributed by atoms with Crippen molar-refractivity contribution in [3.63, 3.8) is 0 Å². The average Bonchev–Trinajstić information content (AvgIpc) is 3.46. The van der Waals surface area contributed by atoms with Crippen molar-refractivity contribution in [2.75, 3.05) is 13.1 Å². The topological polar surface area (TPSA) is 64.6 Å². The van der Waals surface area contributed by atoms with Crippen LogP contribution in [0.1, 0.15) is 74.6 Å². The molecule has 1 saturated heterocycles. The lowest BCUT2D eigenvalue weighted by molar-refractivity contribution is 0.0470. The molecule has 3 aromatic carbocycles. The Kier molecular flexibility index (Phi) is 9.00. The molecule has 2 amide bonds. The van der Waals surface area contributed by atoms with Gasteiger partial charge >= 0.3 is 6.03 Å². The summed E-state index contributed by atoms with van der Waals surface area (Å²) in [6.45, 7) is 4.24. The van der Waals surface area contributed by atoms with Crippen LogP contribution in [0.3, 0.4) is 0 Å². The Bertz CT molecular complexity index is 1120. The lowest BCUT2D eigenvalue weighted by Gasteiger charge is -2.36. The van der Waals surface area contributed by atoms with Crippen LogP contribution in [0.15, 0.2) is 91.0 Å². The minimum Gasteiger partial charge on any atom is -0.378 e. The van der Waals surface area contributed by atoms with E-state index in [-0.39, 0.29) is 12.1 Å². The van der Waals surface area contributed by atoms with E-state index in [4.69, 9.17) is 0 Å². The number of amides is 2. The van der Waals surface area contributed by atoms with Gasteiger partial charge in [-0.05, 0) is 87.6 Å². The predicted octanol–water partition coefficient (Wildman–Crippen LogP) is 6.40. The Morgan fingerprint density at radius 2 is 1.44 bits per heavy atom. The number of carbonyl (C=O) groups is 1. The molecule has 2 atom stereocenters. The molecular weight excluding hydrogens is 482 g/mol. The molecule has 1 aliphatic heterocycles. The minimum absolute atomic E-state index is 0.179. The summed E-state index contributed by atoms with van der Waals surface area (Å²) in [5.74, 6) is 0.725. The van der Waals surface area contributed by atoms with Gasteiger partial charge in [-0.3, -0.25) is 4.90 Å². The van der Waals surface area contributed by atoms with E-state index in [2.05, 4.69) is 45.9 Å². The summed E-state index contributed by atoms with van der Waals surface area (Å²) in [5, 5.41) is 18.2.